The summed E-state index contributed by atoms with van der Waals surface area (Å²) < 4.78 is 0. The molecule has 86 valence electrons. The second-order valence-corrected chi connectivity index (χ2v) is 3.97. The molecule has 16 heavy (non-hydrogen) atoms. The van der Waals surface area contributed by atoms with E-state index in [1.54, 1.807) is 0 Å². The van der Waals surface area contributed by atoms with E-state index in [0.29, 0.717) is 12.1 Å². The second kappa shape index (κ2) is 6.21. The van der Waals surface area contributed by atoms with Gasteiger partial charge in [-0.3, -0.25) is 4.79 Å². The molecular weight excluding hydrogens is 198 g/mol. The van der Waals surface area contributed by atoms with Crippen LogP contribution >= 0.6 is 0 Å². The summed E-state index contributed by atoms with van der Waals surface area (Å²) in [6.45, 7) is 4.00. The zero-order valence-electron chi connectivity index (χ0n) is 9.99. The highest BCUT2D eigenvalue weighted by atomic mass is 16.1. The molecule has 2 nitrogen and oxygen atoms in total. The molecule has 0 saturated carbocycles. The molecule has 1 unspecified atom stereocenters. The Morgan fingerprint density at radius 1 is 1.25 bits per heavy atom. The quantitative estimate of drug-likeness (QED) is 0.572. The smallest absolute Gasteiger partial charge is 0.171 e. The lowest BCUT2D eigenvalue weighted by Gasteiger charge is -2.14. The maximum absolute atomic E-state index is 12.2. The van der Waals surface area contributed by atoms with Gasteiger partial charge < -0.3 is 5.41 Å². The number of rotatable bonds is 6. The van der Waals surface area contributed by atoms with Gasteiger partial charge >= 0.3 is 0 Å². The lowest BCUT2D eigenvalue weighted by atomic mass is 9.89. The first-order valence-electron chi connectivity index (χ1n) is 5.87. The molecule has 0 bridgehead atoms. The first kappa shape index (κ1) is 12.6. The van der Waals surface area contributed by atoms with E-state index in [1.807, 2.05) is 44.2 Å². The number of benzene rings is 1. The van der Waals surface area contributed by atoms with E-state index in [9.17, 15) is 4.79 Å². The molecule has 1 rings (SSSR count). The minimum Gasteiger partial charge on any atom is -0.309 e. The molecule has 2 heteroatoms. The zero-order chi connectivity index (χ0) is 12.0. The van der Waals surface area contributed by atoms with E-state index in [0.717, 1.165) is 18.4 Å². The highest BCUT2D eigenvalue weighted by Gasteiger charge is 2.21. The maximum atomic E-state index is 12.2. The highest BCUT2D eigenvalue weighted by Crippen LogP contribution is 2.16. The molecule has 0 saturated heterocycles. The number of carbonyl (C=O) groups is 1. The molecule has 0 radical (unpaired) electrons. The van der Waals surface area contributed by atoms with Gasteiger partial charge in [0.2, 0.25) is 0 Å². The standard InChI is InChI=1S/C14H19NO/c1-3-8-13(15)12(4-2)14(16)11-9-6-5-7-10-11/h5-7,9-10,12,15H,3-4,8H2,1-2H3. The molecule has 1 aromatic rings. The second-order valence-electron chi connectivity index (χ2n) is 3.97. The molecular formula is C14H19NO. The van der Waals surface area contributed by atoms with Crippen LogP contribution in [0.5, 0.6) is 0 Å². The summed E-state index contributed by atoms with van der Waals surface area (Å²) in [5, 5.41) is 7.90. The molecule has 0 aliphatic rings. The number of Topliss-reactive ketones (excluding diaryl/α,β-unsaturated/α-hetero) is 1. The summed E-state index contributed by atoms with van der Waals surface area (Å²) >= 11 is 0. The fourth-order valence-electron chi connectivity index (χ4n) is 1.84. The number of nitrogens with one attached hydrogen (secondary N) is 1. The Morgan fingerprint density at radius 3 is 2.38 bits per heavy atom. The van der Waals surface area contributed by atoms with Crippen molar-refractivity contribution in [3.05, 3.63) is 35.9 Å². The van der Waals surface area contributed by atoms with Crippen LogP contribution in [0, 0.1) is 11.3 Å². The molecule has 0 fully saturated rings. The van der Waals surface area contributed by atoms with Gasteiger partial charge in [0.15, 0.2) is 5.78 Å². The lowest BCUT2D eigenvalue weighted by molar-refractivity contribution is 0.0951. The molecule has 0 aromatic heterocycles. The van der Waals surface area contributed by atoms with Crippen molar-refractivity contribution in [2.45, 2.75) is 33.1 Å². The Hall–Kier alpha value is -1.44. The summed E-state index contributed by atoms with van der Waals surface area (Å²) in [5.41, 5.74) is 1.29. The molecule has 0 aliphatic carbocycles. The van der Waals surface area contributed by atoms with Gasteiger partial charge in [-0.05, 0) is 12.8 Å². The summed E-state index contributed by atoms with van der Waals surface area (Å²) in [6, 6.07) is 9.27. The summed E-state index contributed by atoms with van der Waals surface area (Å²) in [7, 11) is 0. The van der Waals surface area contributed by atoms with E-state index >= 15 is 0 Å². The Morgan fingerprint density at radius 2 is 1.88 bits per heavy atom. The van der Waals surface area contributed by atoms with Gasteiger partial charge in [-0.1, -0.05) is 50.6 Å². The highest BCUT2D eigenvalue weighted by molar-refractivity contribution is 6.11. The first-order valence-corrected chi connectivity index (χ1v) is 5.87. The van der Waals surface area contributed by atoms with Gasteiger partial charge in [0.05, 0.1) is 5.92 Å². The molecule has 0 heterocycles. The van der Waals surface area contributed by atoms with Crippen molar-refractivity contribution in [3.63, 3.8) is 0 Å². The Kier molecular flexibility index (Phi) is 4.90. The van der Waals surface area contributed by atoms with Crippen molar-refractivity contribution in [2.24, 2.45) is 5.92 Å². The molecule has 1 N–H and O–H groups in total. The SMILES string of the molecule is CCCC(=N)C(CC)C(=O)c1ccccc1. The average Bonchev–Trinajstić information content (AvgIpc) is 2.31. The predicted octanol–water partition coefficient (Wildman–Crippen LogP) is 3.72. The van der Waals surface area contributed by atoms with Crippen LogP contribution in [-0.2, 0) is 0 Å². The summed E-state index contributed by atoms with van der Waals surface area (Å²) in [6.07, 6.45) is 2.36. The topological polar surface area (TPSA) is 40.9 Å². The molecule has 0 aliphatic heterocycles. The van der Waals surface area contributed by atoms with Crippen LogP contribution in [0.25, 0.3) is 0 Å². The van der Waals surface area contributed by atoms with Gasteiger partial charge in [-0.15, -0.1) is 0 Å². The summed E-state index contributed by atoms with van der Waals surface area (Å²) in [5.74, 6) is -0.149. The van der Waals surface area contributed by atoms with E-state index in [2.05, 4.69) is 0 Å². The van der Waals surface area contributed by atoms with Crippen LogP contribution in [0.2, 0.25) is 0 Å². The van der Waals surface area contributed by atoms with Crippen LogP contribution in [0.4, 0.5) is 0 Å². The first-order chi connectivity index (χ1) is 7.70. The number of ketones is 1. The van der Waals surface area contributed by atoms with Crippen molar-refractivity contribution >= 4 is 11.5 Å². The third-order valence-corrected chi connectivity index (χ3v) is 2.72. The number of hydrogen-bond donors (Lipinski definition) is 1. The van der Waals surface area contributed by atoms with Crippen LogP contribution in [0.15, 0.2) is 30.3 Å². The molecule has 1 atom stereocenters. The third-order valence-electron chi connectivity index (χ3n) is 2.72. The fraction of sp³-hybridized carbons (Fsp3) is 0.429. The molecule has 0 spiro atoms. The van der Waals surface area contributed by atoms with Crippen LogP contribution < -0.4 is 0 Å². The van der Waals surface area contributed by atoms with Gasteiger partial charge in [-0.25, -0.2) is 0 Å². The Labute approximate surface area is 97.2 Å². The lowest BCUT2D eigenvalue weighted by Crippen LogP contribution is -2.22. The van der Waals surface area contributed by atoms with Crippen molar-refractivity contribution in [1.29, 1.82) is 5.41 Å². The summed E-state index contributed by atoms with van der Waals surface area (Å²) in [4.78, 5) is 12.2. The van der Waals surface area contributed by atoms with Crippen molar-refractivity contribution < 1.29 is 4.79 Å². The normalized spacial score (nSPS) is 12.1. The molecule has 1 aromatic carbocycles. The number of carbonyl (C=O) groups excluding carboxylic acids is 1. The van der Waals surface area contributed by atoms with E-state index < -0.39 is 0 Å². The molecule has 0 amide bonds. The fourth-order valence-corrected chi connectivity index (χ4v) is 1.84. The largest absolute Gasteiger partial charge is 0.309 e. The predicted molar refractivity (Wildman–Crippen MR) is 67.2 cm³/mol. The zero-order valence-corrected chi connectivity index (χ0v) is 9.99. The van der Waals surface area contributed by atoms with Gasteiger partial charge in [0.1, 0.15) is 0 Å². The minimum absolute atomic E-state index is 0.0848. The van der Waals surface area contributed by atoms with E-state index in [-0.39, 0.29) is 11.7 Å². The monoisotopic (exact) mass is 217 g/mol. The van der Waals surface area contributed by atoms with E-state index in [1.165, 1.54) is 0 Å². The Bertz CT molecular complexity index is 356. The minimum atomic E-state index is -0.234. The van der Waals surface area contributed by atoms with Gasteiger partial charge in [-0.2, -0.15) is 0 Å². The maximum Gasteiger partial charge on any atom is 0.171 e. The number of hydrogen-bond acceptors (Lipinski definition) is 2. The van der Waals surface area contributed by atoms with Gasteiger partial charge in [0, 0.05) is 11.3 Å². The van der Waals surface area contributed by atoms with Crippen LogP contribution in [-0.4, -0.2) is 11.5 Å². The van der Waals surface area contributed by atoms with Crippen molar-refractivity contribution in [3.8, 4) is 0 Å². The third kappa shape index (κ3) is 3.02. The van der Waals surface area contributed by atoms with Gasteiger partial charge in [0.25, 0.3) is 0 Å². The Balaban J connectivity index is 2.82. The average molecular weight is 217 g/mol. The van der Waals surface area contributed by atoms with Crippen molar-refractivity contribution in [2.75, 3.05) is 0 Å². The van der Waals surface area contributed by atoms with Crippen LogP contribution in [0.3, 0.4) is 0 Å². The van der Waals surface area contributed by atoms with E-state index in [4.69, 9.17) is 5.41 Å². The van der Waals surface area contributed by atoms with Crippen LogP contribution in [0.1, 0.15) is 43.5 Å². The van der Waals surface area contributed by atoms with Crippen molar-refractivity contribution in [1.82, 2.24) is 0 Å².